The van der Waals surface area contributed by atoms with E-state index in [1.54, 1.807) is 0 Å². The van der Waals surface area contributed by atoms with Gasteiger partial charge < -0.3 is 5.32 Å². The Morgan fingerprint density at radius 1 is 1.18 bits per heavy atom. The summed E-state index contributed by atoms with van der Waals surface area (Å²) in [5, 5.41) is 7.71. The summed E-state index contributed by atoms with van der Waals surface area (Å²) in [6, 6.07) is 0. The van der Waals surface area contributed by atoms with E-state index in [1.165, 1.54) is 37.7 Å². The van der Waals surface area contributed by atoms with E-state index in [0.717, 1.165) is 19.6 Å². The number of nitrogens with zero attached hydrogens (tertiary/aromatic N) is 2. The van der Waals surface area contributed by atoms with Crippen molar-refractivity contribution in [2.75, 3.05) is 6.54 Å². The molecule has 3 nitrogen and oxygen atoms in total. The van der Waals surface area contributed by atoms with E-state index in [2.05, 4.69) is 30.5 Å². The molecule has 0 radical (unpaired) electrons. The summed E-state index contributed by atoms with van der Waals surface area (Å²) in [4.78, 5) is 0. The molecule has 4 heteroatoms. The molecular formula is C13H26ClN3. The molecule has 1 aromatic rings. The highest BCUT2D eigenvalue weighted by Gasteiger charge is 1.96. The molecule has 1 rings (SSSR count). The van der Waals surface area contributed by atoms with Crippen molar-refractivity contribution in [3.05, 3.63) is 18.0 Å². The smallest absolute Gasteiger partial charge is 0.0534 e. The fourth-order valence-electron chi connectivity index (χ4n) is 1.76. The standard InChI is InChI=1S/C13H25N3.ClH/c1-3-5-6-7-8-9-14-10-13-11-15-16(4-2)12-13;/h11-12,14H,3-10H2,1-2H3;1H. The molecule has 17 heavy (non-hydrogen) atoms. The lowest BCUT2D eigenvalue weighted by Gasteiger charge is -2.02. The molecule has 100 valence electrons. The Morgan fingerprint density at radius 2 is 1.94 bits per heavy atom. The van der Waals surface area contributed by atoms with Crippen molar-refractivity contribution in [3.63, 3.8) is 0 Å². The minimum absolute atomic E-state index is 0. The fourth-order valence-corrected chi connectivity index (χ4v) is 1.76. The zero-order valence-electron chi connectivity index (χ0n) is 11.1. The van der Waals surface area contributed by atoms with Gasteiger partial charge in [-0.1, -0.05) is 32.6 Å². The second-order valence-electron chi connectivity index (χ2n) is 4.30. The zero-order chi connectivity index (χ0) is 11.6. The molecular weight excluding hydrogens is 234 g/mol. The number of aryl methyl sites for hydroxylation is 1. The molecule has 0 unspecified atom stereocenters. The maximum atomic E-state index is 4.25. The second kappa shape index (κ2) is 10.6. The van der Waals surface area contributed by atoms with E-state index in [-0.39, 0.29) is 12.4 Å². The highest BCUT2D eigenvalue weighted by atomic mass is 35.5. The predicted molar refractivity (Wildman–Crippen MR) is 75.6 cm³/mol. The lowest BCUT2D eigenvalue weighted by Crippen LogP contribution is -2.14. The first kappa shape index (κ1) is 16.5. The van der Waals surface area contributed by atoms with E-state index in [4.69, 9.17) is 0 Å². The van der Waals surface area contributed by atoms with Crippen molar-refractivity contribution in [1.82, 2.24) is 15.1 Å². The van der Waals surface area contributed by atoms with Crippen LogP contribution in [0.25, 0.3) is 0 Å². The van der Waals surface area contributed by atoms with Gasteiger partial charge in [0.15, 0.2) is 0 Å². The summed E-state index contributed by atoms with van der Waals surface area (Å²) < 4.78 is 1.97. The van der Waals surface area contributed by atoms with Crippen LogP contribution < -0.4 is 5.32 Å². The van der Waals surface area contributed by atoms with E-state index < -0.39 is 0 Å². The third kappa shape index (κ3) is 7.40. The quantitative estimate of drug-likeness (QED) is 0.689. The monoisotopic (exact) mass is 259 g/mol. The van der Waals surface area contributed by atoms with Gasteiger partial charge in [0.05, 0.1) is 6.20 Å². The number of unbranched alkanes of at least 4 members (excludes halogenated alkanes) is 4. The summed E-state index contributed by atoms with van der Waals surface area (Å²) in [5.41, 5.74) is 1.29. The van der Waals surface area contributed by atoms with Crippen molar-refractivity contribution in [1.29, 1.82) is 0 Å². The van der Waals surface area contributed by atoms with Crippen molar-refractivity contribution in [2.45, 2.75) is 59.0 Å². The summed E-state index contributed by atoms with van der Waals surface area (Å²) >= 11 is 0. The molecule has 0 amide bonds. The van der Waals surface area contributed by atoms with Gasteiger partial charge in [-0.25, -0.2) is 0 Å². The van der Waals surface area contributed by atoms with E-state index >= 15 is 0 Å². The van der Waals surface area contributed by atoms with Gasteiger partial charge in [-0.3, -0.25) is 4.68 Å². The fraction of sp³-hybridized carbons (Fsp3) is 0.769. The van der Waals surface area contributed by atoms with E-state index in [9.17, 15) is 0 Å². The third-order valence-corrected chi connectivity index (χ3v) is 2.80. The Hall–Kier alpha value is -0.540. The van der Waals surface area contributed by atoms with Crippen LogP contribution in [0.2, 0.25) is 0 Å². The Balaban J connectivity index is 0.00000256. The van der Waals surface area contributed by atoms with Crippen LogP contribution in [0.3, 0.4) is 0 Å². The van der Waals surface area contributed by atoms with Crippen molar-refractivity contribution in [2.24, 2.45) is 0 Å². The average molecular weight is 260 g/mol. The molecule has 0 aliphatic rings. The Labute approximate surface area is 111 Å². The molecule has 0 fully saturated rings. The molecule has 0 atom stereocenters. The van der Waals surface area contributed by atoms with Crippen LogP contribution in [-0.2, 0) is 13.1 Å². The van der Waals surface area contributed by atoms with Crippen LogP contribution >= 0.6 is 12.4 Å². The molecule has 0 saturated heterocycles. The van der Waals surface area contributed by atoms with Gasteiger partial charge in [0.1, 0.15) is 0 Å². The van der Waals surface area contributed by atoms with E-state index in [1.807, 2.05) is 10.9 Å². The Bertz CT molecular complexity index is 273. The van der Waals surface area contributed by atoms with Crippen LogP contribution in [0.4, 0.5) is 0 Å². The third-order valence-electron chi connectivity index (χ3n) is 2.80. The summed E-state index contributed by atoms with van der Waals surface area (Å²) in [6.45, 7) is 7.40. The molecule has 0 aliphatic carbocycles. The van der Waals surface area contributed by atoms with Crippen LogP contribution in [0.5, 0.6) is 0 Å². The van der Waals surface area contributed by atoms with Crippen LogP contribution in [0.1, 0.15) is 51.5 Å². The number of rotatable bonds is 9. The number of hydrogen-bond acceptors (Lipinski definition) is 2. The molecule has 1 heterocycles. The first-order valence-corrected chi connectivity index (χ1v) is 6.58. The Morgan fingerprint density at radius 3 is 2.59 bits per heavy atom. The molecule has 1 aromatic heterocycles. The van der Waals surface area contributed by atoms with Crippen LogP contribution in [0, 0.1) is 0 Å². The second-order valence-corrected chi connectivity index (χ2v) is 4.30. The van der Waals surface area contributed by atoms with Gasteiger partial charge >= 0.3 is 0 Å². The Kier molecular flexibility index (Phi) is 10.3. The molecule has 0 aliphatic heterocycles. The lowest BCUT2D eigenvalue weighted by molar-refractivity contribution is 0.583. The van der Waals surface area contributed by atoms with E-state index in [0.29, 0.717) is 0 Å². The highest BCUT2D eigenvalue weighted by Crippen LogP contribution is 2.02. The lowest BCUT2D eigenvalue weighted by atomic mass is 10.1. The normalized spacial score (nSPS) is 10.2. The van der Waals surface area contributed by atoms with Gasteiger partial charge in [-0.15, -0.1) is 12.4 Å². The van der Waals surface area contributed by atoms with Gasteiger partial charge in [-0.05, 0) is 19.9 Å². The van der Waals surface area contributed by atoms with Crippen molar-refractivity contribution >= 4 is 12.4 Å². The molecule has 0 bridgehead atoms. The first-order chi connectivity index (χ1) is 7.86. The largest absolute Gasteiger partial charge is 0.313 e. The predicted octanol–water partition coefficient (Wildman–Crippen LogP) is 3.38. The number of aromatic nitrogens is 2. The van der Waals surface area contributed by atoms with Crippen LogP contribution in [0.15, 0.2) is 12.4 Å². The maximum Gasteiger partial charge on any atom is 0.0534 e. The van der Waals surface area contributed by atoms with Crippen molar-refractivity contribution in [3.8, 4) is 0 Å². The summed E-state index contributed by atoms with van der Waals surface area (Å²) in [5.74, 6) is 0. The molecule has 0 aromatic carbocycles. The molecule has 0 saturated carbocycles. The summed E-state index contributed by atoms with van der Waals surface area (Å²) in [7, 11) is 0. The van der Waals surface area contributed by atoms with Gasteiger partial charge in [0.2, 0.25) is 0 Å². The van der Waals surface area contributed by atoms with Gasteiger partial charge in [0, 0.05) is 24.8 Å². The number of nitrogens with one attached hydrogen (secondary N) is 1. The van der Waals surface area contributed by atoms with Crippen molar-refractivity contribution < 1.29 is 0 Å². The van der Waals surface area contributed by atoms with Crippen LogP contribution in [-0.4, -0.2) is 16.3 Å². The average Bonchev–Trinajstić information content (AvgIpc) is 2.76. The zero-order valence-corrected chi connectivity index (χ0v) is 11.9. The van der Waals surface area contributed by atoms with Gasteiger partial charge in [-0.2, -0.15) is 5.10 Å². The van der Waals surface area contributed by atoms with Gasteiger partial charge in [0.25, 0.3) is 0 Å². The molecule has 1 N–H and O–H groups in total. The SMILES string of the molecule is CCCCCCCNCc1cnn(CC)c1.Cl. The summed E-state index contributed by atoms with van der Waals surface area (Å²) in [6.07, 6.45) is 10.8. The number of hydrogen-bond donors (Lipinski definition) is 1. The topological polar surface area (TPSA) is 29.9 Å². The minimum Gasteiger partial charge on any atom is -0.313 e. The highest BCUT2D eigenvalue weighted by molar-refractivity contribution is 5.85. The number of halogens is 1. The first-order valence-electron chi connectivity index (χ1n) is 6.58. The minimum atomic E-state index is 0. The molecule has 0 spiro atoms. The maximum absolute atomic E-state index is 4.25.